The molecule has 0 aliphatic carbocycles. The molecule has 7 heteroatoms. The molecule has 0 fully saturated rings. The number of nitrogens with one attached hydrogen (secondary N) is 2. The maximum absolute atomic E-state index is 11.5. The van der Waals surface area contributed by atoms with Gasteiger partial charge < -0.3 is 5.32 Å². The molecule has 0 bridgehead atoms. The molecule has 19 heavy (non-hydrogen) atoms. The molecule has 2 N–H and O–H groups in total. The summed E-state index contributed by atoms with van der Waals surface area (Å²) in [6, 6.07) is 2.09. The van der Waals surface area contributed by atoms with Crippen molar-refractivity contribution in [1.82, 2.24) is 14.9 Å². The van der Waals surface area contributed by atoms with Crippen LogP contribution in [-0.4, -0.2) is 16.1 Å². The number of thiophene rings is 1. The van der Waals surface area contributed by atoms with Crippen LogP contribution < -0.4 is 16.6 Å². The Bertz CT molecular complexity index is 674. The van der Waals surface area contributed by atoms with Gasteiger partial charge in [0.1, 0.15) is 0 Å². The maximum Gasteiger partial charge on any atom is 0.328 e. The molecule has 2 aromatic rings. The third-order valence-corrected chi connectivity index (χ3v) is 4.34. The van der Waals surface area contributed by atoms with Gasteiger partial charge in [-0.25, -0.2) is 4.79 Å². The fourth-order valence-corrected chi connectivity index (χ4v) is 2.86. The SMILES string of the molecule is Cc1ccsc1CNCCn1cc(Br)c(=O)[nH]c1=O. The molecule has 0 aliphatic heterocycles. The van der Waals surface area contributed by atoms with Gasteiger partial charge in [0, 0.05) is 30.7 Å². The highest BCUT2D eigenvalue weighted by Gasteiger charge is 2.02. The monoisotopic (exact) mass is 343 g/mol. The van der Waals surface area contributed by atoms with Crippen molar-refractivity contribution in [3.63, 3.8) is 0 Å². The lowest BCUT2D eigenvalue weighted by molar-refractivity contribution is 0.574. The molecular weight excluding hydrogens is 330 g/mol. The first-order valence-electron chi connectivity index (χ1n) is 5.81. The summed E-state index contributed by atoms with van der Waals surface area (Å²) in [6.45, 7) is 4.05. The molecular formula is C12H14BrN3O2S. The third-order valence-electron chi connectivity index (χ3n) is 2.75. The first-order chi connectivity index (χ1) is 9.08. The summed E-state index contributed by atoms with van der Waals surface area (Å²) in [7, 11) is 0. The Hall–Kier alpha value is -1.18. The summed E-state index contributed by atoms with van der Waals surface area (Å²) in [5, 5.41) is 5.35. The molecule has 0 saturated carbocycles. The largest absolute Gasteiger partial charge is 0.328 e. The number of aromatic nitrogens is 2. The molecule has 0 saturated heterocycles. The molecule has 0 amide bonds. The average Bonchev–Trinajstić information content (AvgIpc) is 2.77. The van der Waals surface area contributed by atoms with Crippen LogP contribution in [0.15, 0.2) is 31.7 Å². The predicted molar refractivity (Wildman–Crippen MR) is 79.8 cm³/mol. The van der Waals surface area contributed by atoms with E-state index < -0.39 is 5.56 Å². The van der Waals surface area contributed by atoms with Crippen LogP contribution in [0.4, 0.5) is 0 Å². The van der Waals surface area contributed by atoms with E-state index in [1.165, 1.54) is 21.2 Å². The summed E-state index contributed by atoms with van der Waals surface area (Å²) in [6.07, 6.45) is 1.51. The second-order valence-corrected chi connectivity index (χ2v) is 5.99. The van der Waals surface area contributed by atoms with Crippen molar-refractivity contribution in [3.8, 4) is 0 Å². The fourth-order valence-electron chi connectivity index (χ4n) is 1.64. The van der Waals surface area contributed by atoms with Crippen molar-refractivity contribution in [2.45, 2.75) is 20.0 Å². The van der Waals surface area contributed by atoms with Gasteiger partial charge in [0.25, 0.3) is 5.56 Å². The van der Waals surface area contributed by atoms with E-state index in [9.17, 15) is 9.59 Å². The lowest BCUT2D eigenvalue weighted by Gasteiger charge is -2.07. The fraction of sp³-hybridized carbons (Fsp3) is 0.333. The zero-order chi connectivity index (χ0) is 13.8. The smallest absolute Gasteiger partial charge is 0.310 e. The number of hydrogen-bond acceptors (Lipinski definition) is 4. The van der Waals surface area contributed by atoms with Crippen LogP contribution in [0.1, 0.15) is 10.4 Å². The van der Waals surface area contributed by atoms with E-state index in [0.717, 1.165) is 6.54 Å². The van der Waals surface area contributed by atoms with Crippen molar-refractivity contribution in [2.75, 3.05) is 6.54 Å². The molecule has 0 spiro atoms. The normalized spacial score (nSPS) is 10.8. The first kappa shape index (κ1) is 14.2. The van der Waals surface area contributed by atoms with Gasteiger partial charge in [-0.05, 0) is 39.9 Å². The van der Waals surface area contributed by atoms with Crippen LogP contribution in [0.3, 0.4) is 0 Å². The van der Waals surface area contributed by atoms with E-state index in [1.807, 2.05) is 0 Å². The molecule has 2 aromatic heterocycles. The number of halogens is 1. The summed E-state index contributed by atoms with van der Waals surface area (Å²) in [4.78, 5) is 26.3. The highest BCUT2D eigenvalue weighted by molar-refractivity contribution is 9.10. The zero-order valence-electron chi connectivity index (χ0n) is 10.4. The Morgan fingerprint density at radius 1 is 1.47 bits per heavy atom. The number of aryl methyl sites for hydroxylation is 1. The molecule has 0 aliphatic rings. The van der Waals surface area contributed by atoms with Gasteiger partial charge in [-0.3, -0.25) is 14.3 Å². The van der Waals surface area contributed by atoms with Gasteiger partial charge in [-0.2, -0.15) is 0 Å². The summed E-state index contributed by atoms with van der Waals surface area (Å²) >= 11 is 4.83. The minimum atomic E-state index is -0.400. The Balaban J connectivity index is 1.90. The number of rotatable bonds is 5. The molecule has 0 aromatic carbocycles. The standard InChI is InChI=1S/C12H14BrN3O2S/c1-8-2-5-19-10(8)6-14-3-4-16-7-9(13)11(17)15-12(16)18/h2,5,7,14H,3-4,6H2,1H3,(H,15,17,18). The second kappa shape index (κ2) is 6.31. The van der Waals surface area contributed by atoms with Crippen molar-refractivity contribution in [2.24, 2.45) is 0 Å². The van der Waals surface area contributed by atoms with Crippen LogP contribution in [-0.2, 0) is 13.1 Å². The number of nitrogens with zero attached hydrogens (tertiary/aromatic N) is 1. The first-order valence-corrected chi connectivity index (χ1v) is 7.48. The van der Waals surface area contributed by atoms with Crippen molar-refractivity contribution in [3.05, 3.63) is 53.4 Å². The highest BCUT2D eigenvalue weighted by Crippen LogP contribution is 2.14. The van der Waals surface area contributed by atoms with E-state index in [0.29, 0.717) is 17.6 Å². The van der Waals surface area contributed by atoms with Crippen molar-refractivity contribution >= 4 is 27.3 Å². The van der Waals surface area contributed by atoms with Gasteiger partial charge in [-0.1, -0.05) is 0 Å². The maximum atomic E-state index is 11.5. The Morgan fingerprint density at radius 3 is 2.95 bits per heavy atom. The molecule has 2 heterocycles. The summed E-state index contributed by atoms with van der Waals surface area (Å²) in [5.41, 5.74) is 0.493. The zero-order valence-corrected chi connectivity index (χ0v) is 12.8. The van der Waals surface area contributed by atoms with Crippen LogP contribution >= 0.6 is 27.3 Å². The van der Waals surface area contributed by atoms with E-state index >= 15 is 0 Å². The molecule has 0 unspecified atom stereocenters. The molecule has 0 atom stereocenters. The van der Waals surface area contributed by atoms with Crippen LogP contribution in [0.2, 0.25) is 0 Å². The summed E-state index contributed by atoms with van der Waals surface area (Å²) in [5.74, 6) is 0. The summed E-state index contributed by atoms with van der Waals surface area (Å²) < 4.78 is 1.83. The minimum absolute atomic E-state index is 0.362. The van der Waals surface area contributed by atoms with E-state index in [-0.39, 0.29) is 5.69 Å². The van der Waals surface area contributed by atoms with Gasteiger partial charge in [0.05, 0.1) is 4.47 Å². The average molecular weight is 344 g/mol. The highest BCUT2D eigenvalue weighted by atomic mass is 79.9. The number of aromatic amines is 1. The Morgan fingerprint density at radius 2 is 2.26 bits per heavy atom. The minimum Gasteiger partial charge on any atom is -0.310 e. The van der Waals surface area contributed by atoms with E-state index in [2.05, 4.69) is 44.6 Å². The van der Waals surface area contributed by atoms with Crippen LogP contribution in [0.5, 0.6) is 0 Å². The molecule has 5 nitrogen and oxygen atoms in total. The number of H-pyrrole nitrogens is 1. The molecule has 102 valence electrons. The van der Waals surface area contributed by atoms with Gasteiger partial charge in [0.15, 0.2) is 0 Å². The number of hydrogen-bond donors (Lipinski definition) is 2. The lowest BCUT2D eigenvalue weighted by atomic mass is 10.3. The van der Waals surface area contributed by atoms with Crippen molar-refractivity contribution < 1.29 is 0 Å². The van der Waals surface area contributed by atoms with Gasteiger partial charge in [-0.15, -0.1) is 11.3 Å². The third kappa shape index (κ3) is 3.65. The van der Waals surface area contributed by atoms with Gasteiger partial charge >= 0.3 is 5.69 Å². The van der Waals surface area contributed by atoms with Gasteiger partial charge in [0.2, 0.25) is 0 Å². The topological polar surface area (TPSA) is 66.9 Å². The van der Waals surface area contributed by atoms with Crippen LogP contribution in [0.25, 0.3) is 0 Å². The quantitative estimate of drug-likeness (QED) is 0.807. The van der Waals surface area contributed by atoms with Crippen molar-refractivity contribution in [1.29, 1.82) is 0 Å². The predicted octanol–water partition coefficient (Wildman–Crippen LogP) is 1.46. The molecule has 2 rings (SSSR count). The second-order valence-electron chi connectivity index (χ2n) is 4.13. The lowest BCUT2D eigenvalue weighted by Crippen LogP contribution is -2.32. The Kier molecular flexibility index (Phi) is 4.73. The van der Waals surface area contributed by atoms with E-state index in [4.69, 9.17) is 0 Å². The Labute approximate surface area is 122 Å². The van der Waals surface area contributed by atoms with E-state index in [1.54, 1.807) is 11.3 Å². The molecule has 0 radical (unpaired) electrons. The van der Waals surface area contributed by atoms with Crippen LogP contribution in [0, 0.1) is 6.92 Å².